The summed E-state index contributed by atoms with van der Waals surface area (Å²) >= 11 is 6.13. The van der Waals surface area contributed by atoms with Crippen molar-refractivity contribution >= 4 is 38.6 Å². The number of sulfonamides is 1. The van der Waals surface area contributed by atoms with Crippen molar-refractivity contribution in [2.24, 2.45) is 7.05 Å². The van der Waals surface area contributed by atoms with E-state index in [0.29, 0.717) is 18.9 Å². The Kier molecular flexibility index (Phi) is 6.26. The largest absolute Gasteiger partial charge is 0.345 e. The third-order valence-corrected chi connectivity index (χ3v) is 7.33. The lowest BCUT2D eigenvalue weighted by Gasteiger charge is -2.19. The summed E-state index contributed by atoms with van der Waals surface area (Å²) in [6.45, 7) is 4.35. The molecule has 9 heteroatoms. The number of hydrogen-bond donors (Lipinski definition) is 1. The highest BCUT2D eigenvalue weighted by molar-refractivity contribution is 7.89. The zero-order valence-electron chi connectivity index (χ0n) is 16.5. The van der Waals surface area contributed by atoms with Gasteiger partial charge in [-0.2, -0.15) is 4.31 Å². The van der Waals surface area contributed by atoms with E-state index in [0.717, 1.165) is 11.0 Å². The van der Waals surface area contributed by atoms with Crippen molar-refractivity contribution in [3.8, 4) is 0 Å². The molecule has 3 rings (SSSR count). The Hall–Kier alpha value is -2.42. The van der Waals surface area contributed by atoms with Crippen molar-refractivity contribution in [2.75, 3.05) is 13.1 Å². The van der Waals surface area contributed by atoms with Crippen molar-refractivity contribution in [3.63, 3.8) is 0 Å². The molecule has 0 atom stereocenters. The molecule has 0 saturated heterocycles. The number of amides is 1. The normalized spacial score (nSPS) is 11.9. The van der Waals surface area contributed by atoms with Gasteiger partial charge in [0.25, 0.3) is 5.91 Å². The molecule has 1 aromatic heterocycles. The van der Waals surface area contributed by atoms with Crippen molar-refractivity contribution < 1.29 is 13.2 Å². The first-order valence-corrected chi connectivity index (χ1v) is 11.1. The second-order valence-corrected chi connectivity index (χ2v) is 8.81. The quantitative estimate of drug-likeness (QED) is 0.618. The van der Waals surface area contributed by atoms with E-state index in [4.69, 9.17) is 11.6 Å². The summed E-state index contributed by atoms with van der Waals surface area (Å²) in [5.41, 5.74) is 2.04. The monoisotopic (exact) mass is 434 g/mol. The minimum Gasteiger partial charge on any atom is -0.345 e. The summed E-state index contributed by atoms with van der Waals surface area (Å²) in [5.74, 6) is 0.300. The Bertz CT molecular complexity index is 1150. The molecule has 1 heterocycles. The summed E-state index contributed by atoms with van der Waals surface area (Å²) < 4.78 is 28.8. The Morgan fingerprint density at radius 3 is 2.52 bits per heavy atom. The molecule has 0 aliphatic heterocycles. The zero-order chi connectivity index (χ0) is 21.2. The number of nitrogens with one attached hydrogen (secondary N) is 1. The average Bonchev–Trinajstić information content (AvgIpc) is 3.03. The maximum Gasteiger partial charge on any atom is 0.251 e. The van der Waals surface area contributed by atoms with Crippen LogP contribution in [-0.2, 0) is 23.6 Å². The number of aromatic nitrogens is 2. The van der Waals surface area contributed by atoms with Crippen LogP contribution < -0.4 is 5.32 Å². The van der Waals surface area contributed by atoms with Gasteiger partial charge in [-0.1, -0.05) is 37.6 Å². The maximum atomic E-state index is 12.8. The van der Waals surface area contributed by atoms with Gasteiger partial charge in [0.05, 0.1) is 22.6 Å². The molecule has 3 aromatic rings. The van der Waals surface area contributed by atoms with Gasteiger partial charge >= 0.3 is 0 Å². The number of carbonyl (C=O) groups is 1. The standard InChI is InChI=1S/C20H23ClN4O3S/c1-4-25(5-2)29(27,28)18-12-14(10-11-15(18)21)20(26)22-13-19-23-16-8-6-7-9-17(16)24(19)3/h6-12H,4-5,13H2,1-3H3,(H,22,26). The Balaban J connectivity index is 1.83. The summed E-state index contributed by atoms with van der Waals surface area (Å²) in [6.07, 6.45) is 0. The van der Waals surface area contributed by atoms with Gasteiger partial charge in [-0.15, -0.1) is 0 Å². The second-order valence-electron chi connectivity index (χ2n) is 6.49. The van der Waals surface area contributed by atoms with Crippen molar-refractivity contribution in [1.82, 2.24) is 19.2 Å². The summed E-state index contributed by atoms with van der Waals surface area (Å²) in [5, 5.41) is 2.89. The molecule has 0 radical (unpaired) electrons. The number of fused-ring (bicyclic) bond motifs is 1. The van der Waals surface area contributed by atoms with E-state index in [-0.39, 0.29) is 22.0 Å². The van der Waals surface area contributed by atoms with E-state index in [2.05, 4.69) is 10.3 Å². The van der Waals surface area contributed by atoms with E-state index in [1.807, 2.05) is 35.9 Å². The van der Waals surface area contributed by atoms with Gasteiger partial charge in [0.15, 0.2) is 0 Å². The summed E-state index contributed by atoms with van der Waals surface area (Å²) in [7, 11) is -1.89. The summed E-state index contributed by atoms with van der Waals surface area (Å²) in [4.78, 5) is 17.1. The lowest BCUT2D eigenvalue weighted by molar-refractivity contribution is 0.0949. The molecular weight excluding hydrogens is 412 g/mol. The van der Waals surface area contributed by atoms with Gasteiger partial charge in [0, 0.05) is 25.7 Å². The molecule has 1 amide bonds. The Labute approximate surface area is 175 Å². The molecular formula is C20H23ClN4O3S. The fourth-order valence-corrected chi connectivity index (χ4v) is 5.12. The van der Waals surface area contributed by atoms with Crippen molar-refractivity contribution in [2.45, 2.75) is 25.3 Å². The third kappa shape index (κ3) is 4.14. The molecule has 29 heavy (non-hydrogen) atoms. The van der Waals surface area contributed by atoms with Gasteiger partial charge < -0.3 is 9.88 Å². The van der Waals surface area contributed by atoms with Crippen LogP contribution in [0.25, 0.3) is 11.0 Å². The topological polar surface area (TPSA) is 84.3 Å². The Morgan fingerprint density at radius 1 is 1.17 bits per heavy atom. The minimum atomic E-state index is -3.77. The van der Waals surface area contributed by atoms with Gasteiger partial charge in [0.1, 0.15) is 10.7 Å². The molecule has 154 valence electrons. The van der Waals surface area contributed by atoms with Crippen LogP contribution in [0, 0.1) is 0 Å². The van der Waals surface area contributed by atoms with Crippen LogP contribution in [0.15, 0.2) is 47.4 Å². The number of para-hydroxylation sites is 2. The molecule has 0 aliphatic carbocycles. The van der Waals surface area contributed by atoms with Crippen LogP contribution in [0.5, 0.6) is 0 Å². The van der Waals surface area contributed by atoms with Gasteiger partial charge in [-0.3, -0.25) is 4.79 Å². The number of aryl methyl sites for hydroxylation is 1. The minimum absolute atomic E-state index is 0.0711. The zero-order valence-corrected chi connectivity index (χ0v) is 18.1. The lowest BCUT2D eigenvalue weighted by atomic mass is 10.2. The number of nitrogens with zero attached hydrogens (tertiary/aromatic N) is 3. The van der Waals surface area contributed by atoms with E-state index >= 15 is 0 Å². The first-order chi connectivity index (χ1) is 13.8. The highest BCUT2D eigenvalue weighted by atomic mass is 35.5. The second kappa shape index (κ2) is 8.52. The summed E-state index contributed by atoms with van der Waals surface area (Å²) in [6, 6.07) is 12.0. The average molecular weight is 435 g/mol. The predicted octanol–water partition coefficient (Wildman–Crippen LogP) is 3.19. The molecule has 0 fully saturated rings. The maximum absolute atomic E-state index is 12.8. The number of rotatable bonds is 7. The van der Waals surface area contributed by atoms with E-state index < -0.39 is 15.9 Å². The van der Waals surface area contributed by atoms with Gasteiger partial charge in [-0.05, 0) is 30.3 Å². The van der Waals surface area contributed by atoms with E-state index in [1.54, 1.807) is 13.8 Å². The highest BCUT2D eigenvalue weighted by Gasteiger charge is 2.25. The number of benzene rings is 2. The van der Waals surface area contributed by atoms with Crippen LogP contribution in [0.2, 0.25) is 5.02 Å². The molecule has 0 saturated carbocycles. The molecule has 0 unspecified atom stereocenters. The number of halogens is 1. The fourth-order valence-electron chi connectivity index (χ4n) is 3.16. The van der Waals surface area contributed by atoms with Crippen molar-refractivity contribution in [1.29, 1.82) is 0 Å². The van der Waals surface area contributed by atoms with Crippen LogP contribution in [-0.4, -0.2) is 41.3 Å². The van der Waals surface area contributed by atoms with Crippen LogP contribution >= 0.6 is 11.6 Å². The van der Waals surface area contributed by atoms with E-state index in [9.17, 15) is 13.2 Å². The number of imidazole rings is 1. The fraction of sp³-hybridized carbons (Fsp3) is 0.300. The Morgan fingerprint density at radius 2 is 1.86 bits per heavy atom. The van der Waals surface area contributed by atoms with Crippen molar-refractivity contribution in [3.05, 3.63) is 58.9 Å². The van der Waals surface area contributed by atoms with Gasteiger partial charge in [-0.25, -0.2) is 13.4 Å². The third-order valence-electron chi connectivity index (χ3n) is 4.80. The SMILES string of the molecule is CCN(CC)S(=O)(=O)c1cc(C(=O)NCc2nc3ccccc3n2C)ccc1Cl. The lowest BCUT2D eigenvalue weighted by Crippen LogP contribution is -2.31. The first kappa shape index (κ1) is 21.3. The molecule has 1 N–H and O–H groups in total. The van der Waals surface area contributed by atoms with Gasteiger partial charge in [0.2, 0.25) is 10.0 Å². The predicted molar refractivity (Wildman–Crippen MR) is 113 cm³/mol. The van der Waals surface area contributed by atoms with Crippen LogP contribution in [0.4, 0.5) is 0 Å². The molecule has 0 bridgehead atoms. The molecule has 0 spiro atoms. The van der Waals surface area contributed by atoms with Crippen LogP contribution in [0.3, 0.4) is 0 Å². The molecule has 2 aromatic carbocycles. The first-order valence-electron chi connectivity index (χ1n) is 9.27. The number of hydrogen-bond acceptors (Lipinski definition) is 4. The smallest absolute Gasteiger partial charge is 0.251 e. The number of carbonyl (C=O) groups excluding carboxylic acids is 1. The highest BCUT2D eigenvalue weighted by Crippen LogP contribution is 2.26. The molecule has 0 aliphatic rings. The molecule has 7 nitrogen and oxygen atoms in total. The van der Waals surface area contributed by atoms with Crippen LogP contribution in [0.1, 0.15) is 30.0 Å². The van der Waals surface area contributed by atoms with E-state index in [1.165, 1.54) is 22.5 Å².